The van der Waals surface area contributed by atoms with E-state index in [0.29, 0.717) is 5.69 Å². The zero-order valence-corrected chi connectivity index (χ0v) is 14.8. The SMILES string of the molecule is CC(CC(=O)O)CC(=O)Nc1c(Br)cc(Br)cc1Br. The van der Waals surface area contributed by atoms with Crippen LogP contribution in [-0.2, 0) is 9.59 Å². The number of halogens is 3. The van der Waals surface area contributed by atoms with Crippen molar-refractivity contribution in [3.8, 4) is 0 Å². The second kappa shape index (κ2) is 7.40. The van der Waals surface area contributed by atoms with Gasteiger partial charge in [-0.05, 0) is 49.9 Å². The second-order valence-corrected chi connectivity index (χ2v) is 6.82. The first-order valence-electron chi connectivity index (χ1n) is 5.45. The average Bonchev–Trinajstić information content (AvgIpc) is 2.21. The fourth-order valence-electron chi connectivity index (χ4n) is 1.54. The molecular weight excluding hydrogens is 446 g/mol. The van der Waals surface area contributed by atoms with E-state index in [1.165, 1.54) is 0 Å². The van der Waals surface area contributed by atoms with Crippen LogP contribution in [0.4, 0.5) is 5.69 Å². The van der Waals surface area contributed by atoms with Gasteiger partial charge in [0.25, 0.3) is 0 Å². The Bertz CT molecular complexity index is 482. The number of nitrogens with one attached hydrogen (secondary N) is 1. The van der Waals surface area contributed by atoms with E-state index in [2.05, 4.69) is 53.1 Å². The molecule has 0 spiro atoms. The molecule has 1 atom stereocenters. The Kier molecular flexibility index (Phi) is 6.49. The first-order chi connectivity index (χ1) is 8.79. The summed E-state index contributed by atoms with van der Waals surface area (Å²) in [5.74, 6) is -1.31. The number of carboxylic acids is 1. The molecule has 0 heterocycles. The lowest BCUT2D eigenvalue weighted by Crippen LogP contribution is -2.17. The molecule has 19 heavy (non-hydrogen) atoms. The van der Waals surface area contributed by atoms with Crippen molar-refractivity contribution < 1.29 is 14.7 Å². The van der Waals surface area contributed by atoms with Gasteiger partial charge in [0.1, 0.15) is 0 Å². The monoisotopic (exact) mass is 455 g/mol. The van der Waals surface area contributed by atoms with E-state index in [0.717, 1.165) is 13.4 Å². The molecule has 0 fully saturated rings. The third-order valence-corrected chi connectivity index (χ3v) is 4.04. The summed E-state index contributed by atoms with van der Waals surface area (Å²) >= 11 is 10.1. The van der Waals surface area contributed by atoms with Crippen molar-refractivity contribution in [3.63, 3.8) is 0 Å². The van der Waals surface area contributed by atoms with E-state index in [-0.39, 0.29) is 24.7 Å². The minimum absolute atomic E-state index is 0.0178. The molecule has 1 aromatic rings. The van der Waals surface area contributed by atoms with Gasteiger partial charge in [-0.1, -0.05) is 22.9 Å². The van der Waals surface area contributed by atoms with Crippen LogP contribution in [0.15, 0.2) is 25.6 Å². The lowest BCUT2D eigenvalue weighted by molar-refractivity contribution is -0.138. The van der Waals surface area contributed by atoms with Crippen molar-refractivity contribution in [1.29, 1.82) is 0 Å². The molecule has 4 nitrogen and oxygen atoms in total. The molecule has 0 aromatic heterocycles. The summed E-state index contributed by atoms with van der Waals surface area (Å²) in [6.07, 6.45) is 0.150. The number of hydrogen-bond acceptors (Lipinski definition) is 2. The van der Waals surface area contributed by atoms with Crippen LogP contribution in [0.3, 0.4) is 0 Å². The quantitative estimate of drug-likeness (QED) is 0.688. The summed E-state index contributed by atoms with van der Waals surface area (Å²) in [6.45, 7) is 1.74. The highest BCUT2D eigenvalue weighted by Gasteiger charge is 2.15. The van der Waals surface area contributed by atoms with E-state index in [1.807, 2.05) is 12.1 Å². The van der Waals surface area contributed by atoms with Crippen LogP contribution in [0.2, 0.25) is 0 Å². The van der Waals surface area contributed by atoms with Gasteiger partial charge < -0.3 is 10.4 Å². The van der Waals surface area contributed by atoms with Gasteiger partial charge in [0, 0.05) is 26.3 Å². The minimum Gasteiger partial charge on any atom is -0.481 e. The van der Waals surface area contributed by atoms with Gasteiger partial charge in [-0.25, -0.2) is 0 Å². The van der Waals surface area contributed by atoms with E-state index in [4.69, 9.17) is 5.11 Å². The Morgan fingerprint density at radius 3 is 2.21 bits per heavy atom. The van der Waals surface area contributed by atoms with E-state index >= 15 is 0 Å². The fraction of sp³-hybridized carbons (Fsp3) is 0.333. The van der Waals surface area contributed by atoms with Crippen LogP contribution in [0, 0.1) is 5.92 Å². The molecule has 1 amide bonds. The Labute approximate surface area is 136 Å². The molecule has 0 aliphatic rings. The molecule has 1 unspecified atom stereocenters. The van der Waals surface area contributed by atoms with Gasteiger partial charge in [0.05, 0.1) is 5.69 Å². The summed E-state index contributed by atoms with van der Waals surface area (Å²) < 4.78 is 2.37. The number of carbonyl (C=O) groups is 2. The van der Waals surface area contributed by atoms with E-state index in [9.17, 15) is 9.59 Å². The summed E-state index contributed by atoms with van der Waals surface area (Å²) in [5.41, 5.74) is 0.635. The van der Waals surface area contributed by atoms with Crippen molar-refractivity contribution in [3.05, 3.63) is 25.6 Å². The van der Waals surface area contributed by atoms with Crippen LogP contribution in [0.5, 0.6) is 0 Å². The van der Waals surface area contributed by atoms with Gasteiger partial charge in [-0.3, -0.25) is 9.59 Å². The molecule has 2 N–H and O–H groups in total. The molecular formula is C12H12Br3NO3. The predicted octanol–water partition coefficient (Wildman–Crippen LogP) is 4.41. The number of hydrogen-bond donors (Lipinski definition) is 2. The Morgan fingerprint density at radius 2 is 1.74 bits per heavy atom. The number of carboxylic acid groups (broad SMARTS) is 1. The number of amides is 1. The largest absolute Gasteiger partial charge is 0.481 e. The van der Waals surface area contributed by atoms with Crippen LogP contribution in [0.1, 0.15) is 19.8 Å². The molecule has 0 aliphatic heterocycles. The molecule has 0 saturated heterocycles. The predicted molar refractivity (Wildman–Crippen MR) is 84.2 cm³/mol. The molecule has 0 bridgehead atoms. The summed E-state index contributed by atoms with van der Waals surface area (Å²) in [5, 5.41) is 11.4. The summed E-state index contributed by atoms with van der Waals surface area (Å²) in [4.78, 5) is 22.4. The zero-order valence-electron chi connectivity index (χ0n) is 10.0. The lowest BCUT2D eigenvalue weighted by Gasteiger charge is -2.12. The second-order valence-electron chi connectivity index (χ2n) is 4.20. The zero-order chi connectivity index (χ0) is 14.6. The number of carbonyl (C=O) groups excluding carboxylic acids is 1. The van der Waals surface area contributed by atoms with Gasteiger partial charge >= 0.3 is 5.97 Å². The van der Waals surface area contributed by atoms with E-state index < -0.39 is 5.97 Å². The maximum absolute atomic E-state index is 11.8. The average molecular weight is 458 g/mol. The Morgan fingerprint density at radius 1 is 1.21 bits per heavy atom. The smallest absolute Gasteiger partial charge is 0.303 e. The van der Waals surface area contributed by atoms with Crippen LogP contribution in [0.25, 0.3) is 0 Å². The molecule has 1 aromatic carbocycles. The normalized spacial score (nSPS) is 12.0. The number of benzene rings is 1. The van der Waals surface area contributed by atoms with E-state index in [1.54, 1.807) is 6.92 Å². The van der Waals surface area contributed by atoms with Crippen LogP contribution in [-0.4, -0.2) is 17.0 Å². The minimum atomic E-state index is -0.897. The van der Waals surface area contributed by atoms with Crippen molar-refractivity contribution in [1.82, 2.24) is 0 Å². The molecule has 0 aliphatic carbocycles. The number of aliphatic carboxylic acids is 1. The van der Waals surface area contributed by atoms with Crippen molar-refractivity contribution in [2.45, 2.75) is 19.8 Å². The van der Waals surface area contributed by atoms with Gasteiger partial charge in [0.15, 0.2) is 0 Å². The molecule has 104 valence electrons. The van der Waals surface area contributed by atoms with Gasteiger partial charge in [0.2, 0.25) is 5.91 Å². The maximum atomic E-state index is 11.8. The third-order valence-electron chi connectivity index (χ3n) is 2.33. The topological polar surface area (TPSA) is 66.4 Å². The first-order valence-corrected chi connectivity index (χ1v) is 7.83. The standard InChI is InChI=1S/C12H12Br3NO3/c1-6(3-11(18)19)2-10(17)16-12-8(14)4-7(13)5-9(12)15/h4-6H,2-3H2,1H3,(H,16,17)(H,18,19). The highest BCUT2D eigenvalue weighted by atomic mass is 79.9. The molecule has 0 saturated carbocycles. The first kappa shape index (κ1) is 16.7. The van der Waals surface area contributed by atoms with Crippen molar-refractivity contribution in [2.24, 2.45) is 5.92 Å². The van der Waals surface area contributed by atoms with Gasteiger partial charge in [-0.2, -0.15) is 0 Å². The third kappa shape index (κ3) is 5.62. The van der Waals surface area contributed by atoms with Crippen LogP contribution >= 0.6 is 47.8 Å². The van der Waals surface area contributed by atoms with Crippen molar-refractivity contribution in [2.75, 3.05) is 5.32 Å². The fourth-order valence-corrected chi connectivity index (χ4v) is 4.00. The molecule has 0 radical (unpaired) electrons. The molecule has 7 heteroatoms. The maximum Gasteiger partial charge on any atom is 0.303 e. The van der Waals surface area contributed by atoms with Gasteiger partial charge in [-0.15, -0.1) is 0 Å². The number of rotatable bonds is 5. The highest BCUT2D eigenvalue weighted by Crippen LogP contribution is 2.34. The number of anilines is 1. The van der Waals surface area contributed by atoms with Crippen molar-refractivity contribution >= 4 is 65.4 Å². The summed E-state index contributed by atoms with van der Waals surface area (Å²) in [6, 6.07) is 3.64. The lowest BCUT2D eigenvalue weighted by atomic mass is 10.0. The molecule has 1 rings (SSSR count). The Balaban J connectivity index is 2.70. The Hall–Kier alpha value is -0.400. The highest BCUT2D eigenvalue weighted by molar-refractivity contribution is 9.11. The van der Waals surface area contributed by atoms with Crippen LogP contribution < -0.4 is 5.32 Å². The summed E-state index contributed by atoms with van der Waals surface area (Å²) in [7, 11) is 0.